The summed E-state index contributed by atoms with van der Waals surface area (Å²) in [4.78, 5) is 39.7. The number of aryl methyl sites for hydroxylation is 2. The first-order chi connectivity index (χ1) is 21.7. The Morgan fingerprint density at radius 1 is 0.822 bits per heavy atom. The minimum Gasteiger partial charge on any atom is -0.457 e. The maximum Gasteiger partial charge on any atom is 0.272 e. The number of furan rings is 1. The van der Waals surface area contributed by atoms with Gasteiger partial charge in [0.25, 0.3) is 11.8 Å². The van der Waals surface area contributed by atoms with Crippen LogP contribution in [-0.2, 0) is 9.59 Å². The molecule has 9 heteroatoms. The number of carbonyl (C=O) groups is 3. The van der Waals surface area contributed by atoms with Gasteiger partial charge in [-0.3, -0.25) is 14.4 Å². The average molecular weight is 636 g/mol. The van der Waals surface area contributed by atoms with Crippen molar-refractivity contribution in [3.8, 4) is 11.3 Å². The smallest absolute Gasteiger partial charge is 0.272 e. The van der Waals surface area contributed by atoms with Crippen molar-refractivity contribution in [1.29, 1.82) is 0 Å². The van der Waals surface area contributed by atoms with Gasteiger partial charge in [-0.05, 0) is 80.1 Å². The molecule has 0 spiro atoms. The predicted octanol–water partition coefficient (Wildman–Crippen LogP) is 8.36. The van der Waals surface area contributed by atoms with E-state index in [0.29, 0.717) is 33.5 Å². The molecule has 3 N–H and O–H groups in total. The maximum atomic E-state index is 13.4. The highest BCUT2D eigenvalue weighted by Crippen LogP contribution is 2.25. The first-order valence-corrected chi connectivity index (χ1v) is 15.4. The Kier molecular flexibility index (Phi) is 10.2. The Morgan fingerprint density at radius 3 is 2.29 bits per heavy atom. The highest BCUT2D eigenvalue weighted by atomic mass is 35.5. The minimum absolute atomic E-state index is 0.0140. The van der Waals surface area contributed by atoms with Crippen LogP contribution in [0.4, 0.5) is 11.4 Å². The fourth-order valence-corrected chi connectivity index (χ4v) is 5.16. The van der Waals surface area contributed by atoms with Gasteiger partial charge in [0.1, 0.15) is 17.2 Å². The zero-order chi connectivity index (χ0) is 31.8. The van der Waals surface area contributed by atoms with Crippen molar-refractivity contribution < 1.29 is 18.8 Å². The van der Waals surface area contributed by atoms with Crippen molar-refractivity contribution in [1.82, 2.24) is 5.32 Å². The van der Waals surface area contributed by atoms with Crippen molar-refractivity contribution in [2.45, 2.75) is 18.7 Å². The summed E-state index contributed by atoms with van der Waals surface area (Å²) in [6.07, 6.45) is 1.50. The second-order valence-electron chi connectivity index (χ2n) is 10.2. The standard InChI is InChI=1S/C36H30ClN3O4S/c1-23-8-11-25(12-9-23)33-19-16-29(44-33)21-32(40-35(42)26-6-4-3-5-7-26)36(43)38-28-14-17-30(18-15-28)45-22-34(41)39-31-20-27(37)13-10-24(31)2/h3-21H,22H2,1-2H3,(H,38,43)(H,39,41)(H,40,42). The Hall–Kier alpha value is -5.05. The monoisotopic (exact) mass is 635 g/mol. The second-order valence-corrected chi connectivity index (χ2v) is 11.7. The van der Waals surface area contributed by atoms with Crippen molar-refractivity contribution >= 4 is 58.5 Å². The van der Waals surface area contributed by atoms with Gasteiger partial charge in [-0.2, -0.15) is 0 Å². The lowest BCUT2D eigenvalue weighted by molar-refractivity contribution is -0.114. The molecule has 5 aromatic rings. The molecule has 0 saturated carbocycles. The summed E-state index contributed by atoms with van der Waals surface area (Å²) in [5.74, 6) is 0.130. The Morgan fingerprint density at radius 2 is 1.56 bits per heavy atom. The molecule has 0 aliphatic rings. The van der Waals surface area contributed by atoms with E-state index in [0.717, 1.165) is 21.6 Å². The van der Waals surface area contributed by atoms with E-state index in [2.05, 4.69) is 16.0 Å². The number of hydrogen-bond acceptors (Lipinski definition) is 5. The molecule has 5 rings (SSSR count). The number of amides is 3. The lowest BCUT2D eigenvalue weighted by Gasteiger charge is -2.11. The third-order valence-electron chi connectivity index (χ3n) is 6.73. The van der Waals surface area contributed by atoms with Gasteiger partial charge in [0.05, 0.1) is 5.75 Å². The molecular formula is C36H30ClN3O4S. The van der Waals surface area contributed by atoms with Crippen molar-refractivity contribution in [2.75, 3.05) is 16.4 Å². The maximum absolute atomic E-state index is 13.4. The van der Waals surface area contributed by atoms with Gasteiger partial charge >= 0.3 is 0 Å². The third-order valence-corrected chi connectivity index (χ3v) is 7.98. The molecule has 0 radical (unpaired) electrons. The summed E-state index contributed by atoms with van der Waals surface area (Å²) >= 11 is 7.41. The third kappa shape index (κ3) is 8.75. The van der Waals surface area contributed by atoms with Gasteiger partial charge in [-0.15, -0.1) is 11.8 Å². The molecule has 1 aromatic heterocycles. The van der Waals surface area contributed by atoms with E-state index in [-0.39, 0.29) is 17.4 Å². The van der Waals surface area contributed by atoms with Crippen LogP contribution >= 0.6 is 23.4 Å². The highest BCUT2D eigenvalue weighted by Gasteiger charge is 2.17. The van der Waals surface area contributed by atoms with Crippen LogP contribution < -0.4 is 16.0 Å². The zero-order valence-corrected chi connectivity index (χ0v) is 26.2. The number of thioether (sulfide) groups is 1. The van der Waals surface area contributed by atoms with Gasteiger partial charge in [0.15, 0.2) is 0 Å². The van der Waals surface area contributed by atoms with Crippen LogP contribution in [0.5, 0.6) is 0 Å². The van der Waals surface area contributed by atoms with Gasteiger partial charge in [0.2, 0.25) is 5.91 Å². The number of halogens is 1. The average Bonchev–Trinajstić information content (AvgIpc) is 3.51. The first kappa shape index (κ1) is 31.4. The quantitative estimate of drug-likeness (QED) is 0.106. The molecule has 1 heterocycles. The summed E-state index contributed by atoms with van der Waals surface area (Å²) in [5.41, 5.74) is 4.57. The summed E-state index contributed by atoms with van der Waals surface area (Å²) in [6, 6.07) is 32.5. The van der Waals surface area contributed by atoms with Crippen molar-refractivity contribution in [2.24, 2.45) is 0 Å². The summed E-state index contributed by atoms with van der Waals surface area (Å²) < 4.78 is 5.99. The van der Waals surface area contributed by atoms with Gasteiger partial charge in [0, 0.05) is 38.5 Å². The summed E-state index contributed by atoms with van der Waals surface area (Å²) in [5, 5.41) is 8.99. The molecule has 7 nitrogen and oxygen atoms in total. The molecule has 226 valence electrons. The van der Waals surface area contributed by atoms with E-state index in [1.807, 2.05) is 68.4 Å². The van der Waals surface area contributed by atoms with E-state index in [9.17, 15) is 14.4 Å². The van der Waals surface area contributed by atoms with E-state index in [1.165, 1.54) is 17.8 Å². The molecule has 0 aliphatic heterocycles. The molecule has 0 bridgehead atoms. The van der Waals surface area contributed by atoms with Crippen LogP contribution in [0.3, 0.4) is 0 Å². The summed E-state index contributed by atoms with van der Waals surface area (Å²) in [6.45, 7) is 3.91. The van der Waals surface area contributed by atoms with Gasteiger partial charge in [-0.25, -0.2) is 0 Å². The molecule has 45 heavy (non-hydrogen) atoms. The molecule has 3 amide bonds. The molecule has 0 fully saturated rings. The Bertz CT molecular complexity index is 1850. The van der Waals surface area contributed by atoms with Crippen LogP contribution in [0.15, 0.2) is 124 Å². The van der Waals surface area contributed by atoms with Crippen LogP contribution in [0, 0.1) is 13.8 Å². The topological polar surface area (TPSA) is 100 Å². The largest absolute Gasteiger partial charge is 0.457 e. The molecule has 0 saturated heterocycles. The highest BCUT2D eigenvalue weighted by molar-refractivity contribution is 8.00. The van der Waals surface area contributed by atoms with E-state index < -0.39 is 11.8 Å². The molecule has 0 unspecified atom stereocenters. The number of benzene rings is 4. The normalized spacial score (nSPS) is 11.1. The molecular weight excluding hydrogens is 606 g/mol. The van der Waals surface area contributed by atoms with E-state index in [1.54, 1.807) is 54.6 Å². The molecule has 0 aliphatic carbocycles. The lowest BCUT2D eigenvalue weighted by Crippen LogP contribution is -2.30. The van der Waals surface area contributed by atoms with Gasteiger partial charge < -0.3 is 20.4 Å². The zero-order valence-electron chi connectivity index (χ0n) is 24.6. The number of carbonyl (C=O) groups excluding carboxylic acids is 3. The molecule has 4 aromatic carbocycles. The van der Waals surface area contributed by atoms with Crippen LogP contribution in [0.1, 0.15) is 27.2 Å². The SMILES string of the molecule is Cc1ccc(-c2ccc(C=C(NC(=O)c3ccccc3)C(=O)Nc3ccc(SCC(=O)Nc4cc(Cl)ccc4C)cc3)o2)cc1. The first-order valence-electron chi connectivity index (χ1n) is 14.1. The van der Waals surface area contributed by atoms with Crippen LogP contribution in [0.25, 0.3) is 17.4 Å². The van der Waals surface area contributed by atoms with Crippen molar-refractivity contribution in [3.63, 3.8) is 0 Å². The number of anilines is 2. The van der Waals surface area contributed by atoms with Gasteiger partial charge in [-0.1, -0.05) is 65.7 Å². The van der Waals surface area contributed by atoms with E-state index in [4.69, 9.17) is 16.0 Å². The Balaban J connectivity index is 1.26. The minimum atomic E-state index is -0.524. The summed E-state index contributed by atoms with van der Waals surface area (Å²) in [7, 11) is 0. The number of nitrogens with one attached hydrogen (secondary N) is 3. The number of hydrogen-bond donors (Lipinski definition) is 3. The fraction of sp³-hybridized carbons (Fsp3) is 0.0833. The van der Waals surface area contributed by atoms with Crippen molar-refractivity contribution in [3.05, 3.63) is 142 Å². The number of rotatable bonds is 10. The van der Waals surface area contributed by atoms with E-state index >= 15 is 0 Å². The lowest BCUT2D eigenvalue weighted by atomic mass is 10.1. The van der Waals surface area contributed by atoms with Crippen LogP contribution in [-0.4, -0.2) is 23.5 Å². The van der Waals surface area contributed by atoms with Crippen LogP contribution in [0.2, 0.25) is 5.02 Å². The second kappa shape index (κ2) is 14.6. The molecule has 0 atom stereocenters. The predicted molar refractivity (Wildman–Crippen MR) is 181 cm³/mol. The Labute approximate surface area is 270 Å². The fourth-order valence-electron chi connectivity index (χ4n) is 4.29.